The summed E-state index contributed by atoms with van der Waals surface area (Å²) in [5.74, 6) is 1.87. The van der Waals surface area contributed by atoms with Gasteiger partial charge in [-0.3, -0.25) is 4.79 Å². The molecule has 0 aromatic carbocycles. The van der Waals surface area contributed by atoms with Crippen LogP contribution in [0.15, 0.2) is 21.3 Å². The molecule has 0 unspecified atom stereocenters. The molecule has 0 atom stereocenters. The molecular weight excluding hydrogens is 347 g/mol. The van der Waals surface area contributed by atoms with Gasteiger partial charge in [0.2, 0.25) is 0 Å². The van der Waals surface area contributed by atoms with Gasteiger partial charge < -0.3 is 14.1 Å². The zero-order chi connectivity index (χ0) is 13.1. The van der Waals surface area contributed by atoms with Crippen LogP contribution in [0.5, 0.6) is 0 Å². The van der Waals surface area contributed by atoms with Crippen LogP contribution < -0.4 is 5.56 Å². The summed E-state index contributed by atoms with van der Waals surface area (Å²) >= 11 is 1.96. The number of methoxy groups -OCH3 is 1. The number of halogens is 1. The number of nitrogens with zero attached hydrogens (tertiary/aromatic N) is 1. The molecule has 0 aliphatic carbocycles. The molecule has 96 valence electrons. The molecular formula is C12H13IN2O3. The first-order valence-electron chi connectivity index (χ1n) is 5.52. The van der Waals surface area contributed by atoms with Gasteiger partial charge in [-0.05, 0) is 34.7 Å². The third-order valence-electron chi connectivity index (χ3n) is 2.46. The highest BCUT2D eigenvalue weighted by Crippen LogP contribution is 2.19. The Hall–Kier alpha value is -1.15. The average molecular weight is 360 g/mol. The summed E-state index contributed by atoms with van der Waals surface area (Å²) in [4.78, 5) is 18.8. The van der Waals surface area contributed by atoms with Gasteiger partial charge in [0.15, 0.2) is 11.6 Å². The Morgan fingerprint density at radius 1 is 1.50 bits per heavy atom. The second-order valence-corrected chi connectivity index (χ2v) is 4.81. The number of aromatic nitrogens is 2. The molecule has 6 heteroatoms. The van der Waals surface area contributed by atoms with Crippen LogP contribution in [0, 0.1) is 3.57 Å². The van der Waals surface area contributed by atoms with Crippen LogP contribution in [0.1, 0.15) is 18.4 Å². The number of aryl methyl sites for hydroxylation is 1. The first-order valence-corrected chi connectivity index (χ1v) is 6.60. The van der Waals surface area contributed by atoms with Crippen molar-refractivity contribution in [3.63, 3.8) is 0 Å². The third kappa shape index (κ3) is 2.64. The summed E-state index contributed by atoms with van der Waals surface area (Å²) in [7, 11) is 1.57. The maximum Gasteiger partial charge on any atom is 0.265 e. The minimum atomic E-state index is -0.179. The standard InChI is InChI=1S/C12H13IN2O3/c1-3-7-4-5-9(18-7)11-14-8(6-17-2)10(13)12(16)15-11/h4-5H,3,6H2,1-2H3,(H,14,15,16). The molecule has 0 fully saturated rings. The molecule has 2 aromatic heterocycles. The molecule has 0 amide bonds. The van der Waals surface area contributed by atoms with E-state index in [1.807, 2.05) is 35.6 Å². The van der Waals surface area contributed by atoms with Gasteiger partial charge in [-0.1, -0.05) is 6.92 Å². The van der Waals surface area contributed by atoms with Crippen LogP contribution in [-0.2, 0) is 17.8 Å². The largest absolute Gasteiger partial charge is 0.458 e. The third-order valence-corrected chi connectivity index (χ3v) is 3.57. The minimum Gasteiger partial charge on any atom is -0.458 e. The van der Waals surface area contributed by atoms with E-state index in [4.69, 9.17) is 9.15 Å². The number of H-pyrrole nitrogens is 1. The Morgan fingerprint density at radius 2 is 2.28 bits per heavy atom. The van der Waals surface area contributed by atoms with E-state index in [1.54, 1.807) is 13.2 Å². The van der Waals surface area contributed by atoms with E-state index in [9.17, 15) is 4.79 Å². The number of ether oxygens (including phenoxy) is 1. The summed E-state index contributed by atoms with van der Waals surface area (Å²) in [5.41, 5.74) is 0.438. The van der Waals surface area contributed by atoms with Crippen LogP contribution in [0.2, 0.25) is 0 Å². The Labute approximate surface area is 118 Å². The zero-order valence-electron chi connectivity index (χ0n) is 10.1. The Balaban J connectivity index is 2.48. The van der Waals surface area contributed by atoms with Gasteiger partial charge in [0.05, 0.1) is 12.3 Å². The molecule has 0 saturated carbocycles. The van der Waals surface area contributed by atoms with Crippen molar-refractivity contribution < 1.29 is 9.15 Å². The van der Waals surface area contributed by atoms with Crippen LogP contribution in [0.25, 0.3) is 11.6 Å². The van der Waals surface area contributed by atoms with E-state index in [0.717, 1.165) is 12.2 Å². The second kappa shape index (κ2) is 5.66. The van der Waals surface area contributed by atoms with Crippen molar-refractivity contribution in [2.75, 3.05) is 7.11 Å². The van der Waals surface area contributed by atoms with Gasteiger partial charge in [-0.2, -0.15) is 0 Å². The number of furan rings is 1. The van der Waals surface area contributed by atoms with Crippen LogP contribution >= 0.6 is 22.6 Å². The molecule has 0 radical (unpaired) electrons. The molecule has 0 spiro atoms. The van der Waals surface area contributed by atoms with Gasteiger partial charge in [0.1, 0.15) is 9.33 Å². The van der Waals surface area contributed by atoms with Crippen molar-refractivity contribution in [1.29, 1.82) is 0 Å². The predicted molar refractivity (Wildman–Crippen MR) is 75.4 cm³/mol. The smallest absolute Gasteiger partial charge is 0.265 e. The highest BCUT2D eigenvalue weighted by Gasteiger charge is 2.12. The molecule has 0 aliphatic rings. The molecule has 1 N–H and O–H groups in total. The minimum absolute atomic E-state index is 0.179. The summed E-state index contributed by atoms with van der Waals surface area (Å²) in [6.07, 6.45) is 0.805. The SMILES string of the molecule is CCc1ccc(-c2nc(COC)c(I)c(=O)[nH]2)o1. The van der Waals surface area contributed by atoms with Gasteiger partial charge in [-0.15, -0.1) is 0 Å². The van der Waals surface area contributed by atoms with Crippen LogP contribution in [-0.4, -0.2) is 17.1 Å². The van der Waals surface area contributed by atoms with E-state index in [2.05, 4.69) is 9.97 Å². The second-order valence-electron chi connectivity index (χ2n) is 3.73. The van der Waals surface area contributed by atoms with E-state index >= 15 is 0 Å². The average Bonchev–Trinajstić information content (AvgIpc) is 2.83. The first kappa shape index (κ1) is 13.3. The first-order chi connectivity index (χ1) is 8.65. The number of rotatable bonds is 4. The molecule has 0 aliphatic heterocycles. The Kier molecular flexibility index (Phi) is 4.18. The van der Waals surface area contributed by atoms with Crippen molar-refractivity contribution >= 4 is 22.6 Å². The maximum absolute atomic E-state index is 11.8. The number of hydrogen-bond donors (Lipinski definition) is 1. The topological polar surface area (TPSA) is 68.1 Å². The fourth-order valence-corrected chi connectivity index (χ4v) is 1.96. The van der Waals surface area contributed by atoms with E-state index in [1.165, 1.54) is 0 Å². The lowest BCUT2D eigenvalue weighted by molar-refractivity contribution is 0.180. The highest BCUT2D eigenvalue weighted by molar-refractivity contribution is 14.1. The predicted octanol–water partition coefficient (Wildman–Crippen LogP) is 2.34. The monoisotopic (exact) mass is 360 g/mol. The van der Waals surface area contributed by atoms with Crippen LogP contribution in [0.3, 0.4) is 0 Å². The van der Waals surface area contributed by atoms with Gasteiger partial charge >= 0.3 is 0 Å². The number of nitrogens with one attached hydrogen (secondary N) is 1. The van der Waals surface area contributed by atoms with E-state index in [0.29, 0.717) is 27.5 Å². The summed E-state index contributed by atoms with van der Waals surface area (Å²) in [5, 5.41) is 0. The van der Waals surface area contributed by atoms with Crippen molar-refractivity contribution in [3.8, 4) is 11.6 Å². The lowest BCUT2D eigenvalue weighted by Gasteiger charge is -2.04. The summed E-state index contributed by atoms with van der Waals surface area (Å²) in [6.45, 7) is 2.31. The molecule has 18 heavy (non-hydrogen) atoms. The lowest BCUT2D eigenvalue weighted by Crippen LogP contribution is -2.16. The van der Waals surface area contributed by atoms with E-state index < -0.39 is 0 Å². The summed E-state index contributed by atoms with van der Waals surface area (Å²) in [6, 6.07) is 3.68. The van der Waals surface area contributed by atoms with Gasteiger partial charge in [0.25, 0.3) is 5.56 Å². The zero-order valence-corrected chi connectivity index (χ0v) is 12.3. The molecule has 2 rings (SSSR count). The van der Waals surface area contributed by atoms with Crippen molar-refractivity contribution in [1.82, 2.24) is 9.97 Å². The number of aromatic amines is 1. The molecule has 0 bridgehead atoms. The van der Waals surface area contributed by atoms with Crippen molar-refractivity contribution in [2.45, 2.75) is 20.0 Å². The van der Waals surface area contributed by atoms with Gasteiger partial charge in [0, 0.05) is 13.5 Å². The highest BCUT2D eigenvalue weighted by atomic mass is 127. The molecule has 2 heterocycles. The molecule has 5 nitrogen and oxygen atoms in total. The fourth-order valence-electron chi connectivity index (χ4n) is 1.55. The van der Waals surface area contributed by atoms with E-state index in [-0.39, 0.29) is 5.56 Å². The van der Waals surface area contributed by atoms with Crippen LogP contribution in [0.4, 0.5) is 0 Å². The fraction of sp³-hybridized carbons (Fsp3) is 0.333. The molecule has 2 aromatic rings. The van der Waals surface area contributed by atoms with Gasteiger partial charge in [-0.25, -0.2) is 4.98 Å². The lowest BCUT2D eigenvalue weighted by atomic mass is 10.3. The molecule has 0 saturated heterocycles. The quantitative estimate of drug-likeness (QED) is 0.850. The normalized spacial score (nSPS) is 10.8. The Bertz CT molecular complexity index is 604. The summed E-state index contributed by atoms with van der Waals surface area (Å²) < 4.78 is 11.1. The maximum atomic E-state index is 11.8. The van der Waals surface area contributed by atoms with Crippen molar-refractivity contribution in [3.05, 3.63) is 37.5 Å². The Morgan fingerprint density at radius 3 is 2.89 bits per heavy atom. The van der Waals surface area contributed by atoms with Crippen molar-refractivity contribution in [2.24, 2.45) is 0 Å². The number of hydrogen-bond acceptors (Lipinski definition) is 4.